The summed E-state index contributed by atoms with van der Waals surface area (Å²) in [4.78, 5) is 23.4. The van der Waals surface area contributed by atoms with Gasteiger partial charge in [-0.25, -0.2) is 4.39 Å². The minimum absolute atomic E-state index is 0.00410. The maximum absolute atomic E-state index is 13.7. The molecule has 0 saturated carbocycles. The molecule has 0 fully saturated rings. The quantitative estimate of drug-likeness (QED) is 0.627. The molecule has 0 radical (unpaired) electrons. The average Bonchev–Trinajstić information content (AvgIpc) is 2.70. The monoisotopic (exact) mass is 392 g/mol. The zero-order chi connectivity index (χ0) is 20.6. The summed E-state index contributed by atoms with van der Waals surface area (Å²) >= 11 is 0. The molecule has 0 heterocycles. The Kier molecular flexibility index (Phi) is 6.58. The van der Waals surface area contributed by atoms with Gasteiger partial charge in [-0.3, -0.25) is 9.59 Å². The predicted octanol–water partition coefficient (Wildman–Crippen LogP) is 4.39. The Hall–Kier alpha value is -3.67. The molecule has 0 unspecified atom stereocenters. The molecule has 29 heavy (non-hydrogen) atoms. The van der Waals surface area contributed by atoms with Gasteiger partial charge in [0.25, 0.3) is 5.91 Å². The van der Waals surface area contributed by atoms with Gasteiger partial charge in [-0.1, -0.05) is 48.5 Å². The highest BCUT2D eigenvalue weighted by Gasteiger charge is 2.10. The van der Waals surface area contributed by atoms with Gasteiger partial charge in [0.15, 0.2) is 6.61 Å². The van der Waals surface area contributed by atoms with E-state index < -0.39 is 11.7 Å². The third-order valence-electron chi connectivity index (χ3n) is 4.13. The highest BCUT2D eigenvalue weighted by atomic mass is 19.1. The molecule has 2 N–H and O–H groups in total. The van der Waals surface area contributed by atoms with E-state index in [1.807, 2.05) is 54.6 Å². The molecule has 0 aromatic heterocycles. The summed E-state index contributed by atoms with van der Waals surface area (Å²) in [5.41, 5.74) is 2.48. The van der Waals surface area contributed by atoms with E-state index in [0.29, 0.717) is 17.9 Å². The summed E-state index contributed by atoms with van der Waals surface area (Å²) in [6, 6.07) is 21.5. The Morgan fingerprint density at radius 3 is 2.41 bits per heavy atom. The zero-order valence-corrected chi connectivity index (χ0v) is 15.9. The van der Waals surface area contributed by atoms with E-state index in [0.717, 1.165) is 11.1 Å². The summed E-state index contributed by atoms with van der Waals surface area (Å²) in [7, 11) is 0. The fourth-order valence-electron chi connectivity index (χ4n) is 2.84. The first-order valence-corrected chi connectivity index (χ1v) is 9.13. The Labute approximate surface area is 168 Å². The van der Waals surface area contributed by atoms with Gasteiger partial charge in [-0.05, 0) is 35.4 Å². The van der Waals surface area contributed by atoms with Crippen LogP contribution in [0, 0.1) is 5.82 Å². The third-order valence-corrected chi connectivity index (χ3v) is 4.13. The first-order chi connectivity index (χ1) is 14.0. The van der Waals surface area contributed by atoms with Gasteiger partial charge in [0.05, 0.1) is 5.69 Å². The van der Waals surface area contributed by atoms with E-state index in [-0.39, 0.29) is 18.2 Å². The number of hydrogen-bond donors (Lipinski definition) is 2. The van der Waals surface area contributed by atoms with Crippen molar-refractivity contribution in [3.05, 3.63) is 89.7 Å². The Morgan fingerprint density at radius 2 is 1.66 bits per heavy atom. The maximum Gasteiger partial charge on any atom is 0.262 e. The number of ether oxygens (including phenoxy) is 1. The van der Waals surface area contributed by atoms with Crippen molar-refractivity contribution in [1.29, 1.82) is 0 Å². The van der Waals surface area contributed by atoms with Crippen molar-refractivity contribution >= 4 is 23.2 Å². The third kappa shape index (κ3) is 5.90. The van der Waals surface area contributed by atoms with E-state index in [4.69, 9.17) is 4.74 Å². The number of benzene rings is 3. The van der Waals surface area contributed by atoms with Crippen molar-refractivity contribution in [3.8, 4) is 5.75 Å². The minimum Gasteiger partial charge on any atom is -0.483 e. The first kappa shape index (κ1) is 20.1. The lowest BCUT2D eigenvalue weighted by atomic mass is 10.0. The highest BCUT2D eigenvalue weighted by molar-refractivity contribution is 5.94. The summed E-state index contributed by atoms with van der Waals surface area (Å²) in [6.45, 7) is 1.09. The summed E-state index contributed by atoms with van der Waals surface area (Å²) in [5.74, 6) is -0.737. The molecule has 148 valence electrons. The number of halogens is 1. The van der Waals surface area contributed by atoms with Crippen LogP contribution in [0.25, 0.3) is 0 Å². The Morgan fingerprint density at radius 1 is 0.931 bits per heavy atom. The van der Waals surface area contributed by atoms with Crippen molar-refractivity contribution in [1.82, 2.24) is 0 Å². The smallest absolute Gasteiger partial charge is 0.262 e. The maximum atomic E-state index is 13.7. The van der Waals surface area contributed by atoms with E-state index in [9.17, 15) is 14.0 Å². The molecule has 6 heteroatoms. The van der Waals surface area contributed by atoms with Gasteiger partial charge in [0, 0.05) is 19.0 Å². The second-order valence-electron chi connectivity index (χ2n) is 6.48. The highest BCUT2D eigenvalue weighted by Crippen LogP contribution is 2.22. The van der Waals surface area contributed by atoms with Crippen molar-refractivity contribution in [3.63, 3.8) is 0 Å². The number of nitrogens with one attached hydrogen (secondary N) is 2. The molecule has 2 amide bonds. The molecular weight excluding hydrogens is 371 g/mol. The standard InChI is InChI=1S/C23H21FN2O3/c1-16(27)25-21-14-19(11-12-20(21)24)26-23(28)15-29-22-10-6-5-9-18(22)13-17-7-3-2-4-8-17/h2-12,14H,13,15H2,1H3,(H,25,27)(H,26,28). The van der Waals surface area contributed by atoms with Crippen molar-refractivity contribution in [2.75, 3.05) is 17.2 Å². The fraction of sp³-hybridized carbons (Fsp3) is 0.130. The number of anilines is 2. The van der Waals surface area contributed by atoms with Crippen molar-refractivity contribution < 1.29 is 18.7 Å². The predicted molar refractivity (Wildman–Crippen MR) is 111 cm³/mol. The average molecular weight is 392 g/mol. The number of carbonyl (C=O) groups excluding carboxylic acids is 2. The number of carbonyl (C=O) groups is 2. The number of para-hydroxylation sites is 1. The summed E-state index contributed by atoms with van der Waals surface area (Å²) in [5, 5.41) is 5.02. The van der Waals surface area contributed by atoms with Gasteiger partial charge in [-0.2, -0.15) is 0 Å². The second kappa shape index (κ2) is 9.50. The van der Waals surface area contributed by atoms with Crippen LogP contribution < -0.4 is 15.4 Å². The van der Waals surface area contributed by atoms with Crippen molar-refractivity contribution in [2.45, 2.75) is 13.3 Å². The van der Waals surface area contributed by atoms with Crippen LogP contribution in [0.2, 0.25) is 0 Å². The van der Waals surface area contributed by atoms with Gasteiger partial charge < -0.3 is 15.4 Å². The van der Waals surface area contributed by atoms with Crippen LogP contribution in [-0.2, 0) is 16.0 Å². The lowest BCUT2D eigenvalue weighted by Gasteiger charge is -2.12. The summed E-state index contributed by atoms with van der Waals surface area (Å²) < 4.78 is 19.4. The molecule has 0 saturated heterocycles. The molecule has 0 bridgehead atoms. The van der Waals surface area contributed by atoms with E-state index in [1.54, 1.807) is 0 Å². The normalized spacial score (nSPS) is 10.3. The molecule has 0 atom stereocenters. The lowest BCUT2D eigenvalue weighted by molar-refractivity contribution is -0.118. The molecule has 0 spiro atoms. The van der Waals surface area contributed by atoms with Gasteiger partial charge >= 0.3 is 0 Å². The van der Waals surface area contributed by atoms with Gasteiger partial charge in [0.2, 0.25) is 5.91 Å². The molecule has 3 aromatic rings. The molecule has 0 aliphatic heterocycles. The largest absolute Gasteiger partial charge is 0.483 e. The Bertz CT molecular complexity index is 1010. The Balaban J connectivity index is 1.62. The number of amides is 2. The van der Waals surface area contributed by atoms with Crippen LogP contribution in [0.5, 0.6) is 5.75 Å². The molecular formula is C23H21FN2O3. The topological polar surface area (TPSA) is 67.4 Å². The zero-order valence-electron chi connectivity index (χ0n) is 15.9. The summed E-state index contributed by atoms with van der Waals surface area (Å²) in [6.07, 6.45) is 0.691. The van der Waals surface area contributed by atoms with Crippen molar-refractivity contribution in [2.24, 2.45) is 0 Å². The van der Waals surface area contributed by atoms with E-state index >= 15 is 0 Å². The van der Waals surface area contributed by atoms with Crippen LogP contribution in [0.15, 0.2) is 72.8 Å². The van der Waals surface area contributed by atoms with E-state index in [1.165, 1.54) is 25.1 Å². The van der Waals surface area contributed by atoms with Crippen LogP contribution in [0.1, 0.15) is 18.1 Å². The molecule has 0 aliphatic carbocycles. The number of rotatable bonds is 7. The fourth-order valence-corrected chi connectivity index (χ4v) is 2.84. The van der Waals surface area contributed by atoms with Crippen LogP contribution in [0.3, 0.4) is 0 Å². The van der Waals surface area contributed by atoms with Gasteiger partial charge in [0.1, 0.15) is 11.6 Å². The van der Waals surface area contributed by atoms with E-state index in [2.05, 4.69) is 10.6 Å². The van der Waals surface area contributed by atoms with Crippen LogP contribution in [0.4, 0.5) is 15.8 Å². The van der Waals surface area contributed by atoms with Crippen LogP contribution >= 0.6 is 0 Å². The minimum atomic E-state index is -0.579. The molecule has 3 aromatic carbocycles. The van der Waals surface area contributed by atoms with Gasteiger partial charge in [-0.15, -0.1) is 0 Å². The second-order valence-corrected chi connectivity index (χ2v) is 6.48. The SMILES string of the molecule is CC(=O)Nc1cc(NC(=O)COc2ccccc2Cc2ccccc2)ccc1F. The molecule has 5 nitrogen and oxygen atoms in total. The first-order valence-electron chi connectivity index (χ1n) is 9.13. The molecule has 0 aliphatic rings. The number of hydrogen-bond acceptors (Lipinski definition) is 3. The molecule has 3 rings (SSSR count). The van der Waals surface area contributed by atoms with Crippen LogP contribution in [-0.4, -0.2) is 18.4 Å². The lowest BCUT2D eigenvalue weighted by Crippen LogP contribution is -2.20.